The van der Waals surface area contributed by atoms with Crippen molar-refractivity contribution in [3.8, 4) is 0 Å². The third kappa shape index (κ3) is 49.2. The third-order valence-corrected chi connectivity index (χ3v) is 0.230. The highest BCUT2D eigenvalue weighted by Crippen LogP contribution is 1.50. The normalized spacial score (nSPS) is 6.33. The minimum absolute atomic E-state index is 0.403. The zero-order chi connectivity index (χ0) is 7.70. The first-order valence-electron chi connectivity index (χ1n) is 1.86. The number of hydrogen-bond acceptors (Lipinski definition) is 5. The molecule has 5 N–H and O–H groups in total. The van der Waals surface area contributed by atoms with E-state index >= 15 is 0 Å². The molecular weight excluding hydrogens is 126 g/mol. The van der Waals surface area contributed by atoms with Crippen molar-refractivity contribution in [3.63, 3.8) is 0 Å². The number of carboxylic acids is 1. The SMILES string of the molecule is N=C=N.O=C(O)CNO. The Hall–Kier alpha value is -1.23. The predicted molar refractivity (Wildman–Crippen MR) is 27.9 cm³/mol. The van der Waals surface area contributed by atoms with Gasteiger partial charge in [-0.3, -0.25) is 4.79 Å². The van der Waals surface area contributed by atoms with Gasteiger partial charge in [0, 0.05) is 0 Å². The zero-order valence-corrected chi connectivity index (χ0v) is 4.51. The summed E-state index contributed by atoms with van der Waals surface area (Å²) in [6, 6.07) is 1.25. The molecule has 0 aliphatic rings. The molecule has 0 bridgehead atoms. The summed E-state index contributed by atoms with van der Waals surface area (Å²) in [6.45, 7) is -0.403. The van der Waals surface area contributed by atoms with Crippen LogP contribution in [0.1, 0.15) is 0 Å². The second-order valence-corrected chi connectivity index (χ2v) is 0.854. The van der Waals surface area contributed by atoms with Crippen molar-refractivity contribution in [1.82, 2.24) is 5.48 Å². The fourth-order valence-electron chi connectivity index (χ4n) is 0.0676. The topological polar surface area (TPSA) is 117 Å². The number of rotatable bonds is 2. The van der Waals surface area contributed by atoms with E-state index in [1.807, 2.05) is 0 Å². The highest BCUT2D eigenvalue weighted by atomic mass is 16.5. The maximum Gasteiger partial charge on any atom is 0.319 e. The number of carbonyl (C=O) groups is 1. The van der Waals surface area contributed by atoms with Crippen LogP contribution in [0, 0.1) is 10.8 Å². The first-order chi connectivity index (χ1) is 4.18. The molecule has 0 amide bonds. The lowest BCUT2D eigenvalue weighted by Crippen LogP contribution is -2.17. The van der Waals surface area contributed by atoms with E-state index in [0.29, 0.717) is 0 Å². The van der Waals surface area contributed by atoms with Gasteiger partial charge in [-0.15, -0.1) is 0 Å². The molecule has 0 saturated carbocycles. The summed E-state index contributed by atoms with van der Waals surface area (Å²) in [5.74, 6) is -1.07. The largest absolute Gasteiger partial charge is 0.480 e. The van der Waals surface area contributed by atoms with Crippen molar-refractivity contribution < 1.29 is 15.1 Å². The van der Waals surface area contributed by atoms with E-state index in [9.17, 15) is 4.79 Å². The molecule has 0 heterocycles. The predicted octanol–water partition coefficient (Wildman–Crippen LogP) is -0.632. The van der Waals surface area contributed by atoms with Crippen molar-refractivity contribution in [1.29, 1.82) is 10.8 Å². The van der Waals surface area contributed by atoms with E-state index in [1.54, 1.807) is 0 Å². The molecule has 0 aromatic heterocycles. The molecule has 0 radical (unpaired) electrons. The molecule has 0 aromatic rings. The number of hydrogen-bond donors (Lipinski definition) is 5. The Morgan fingerprint density at radius 3 is 2.00 bits per heavy atom. The number of carboxylic acid groups (broad SMARTS) is 1. The lowest BCUT2D eigenvalue weighted by atomic mass is 10.7. The Labute approximate surface area is 51.1 Å². The summed E-state index contributed by atoms with van der Waals surface area (Å²) in [6.07, 6.45) is 0. The summed E-state index contributed by atoms with van der Waals surface area (Å²) in [7, 11) is 0. The number of aliphatic carboxylic acids is 1. The molecule has 6 heteroatoms. The fraction of sp³-hybridized carbons (Fsp3) is 0.333. The monoisotopic (exact) mass is 133 g/mol. The Bertz CT molecular complexity index is 107. The zero-order valence-electron chi connectivity index (χ0n) is 4.51. The molecule has 0 fully saturated rings. The molecule has 0 unspecified atom stereocenters. The second-order valence-electron chi connectivity index (χ2n) is 0.854. The van der Waals surface area contributed by atoms with Gasteiger partial charge in [0.25, 0.3) is 0 Å². The van der Waals surface area contributed by atoms with Gasteiger partial charge >= 0.3 is 5.97 Å². The Morgan fingerprint density at radius 2 is 2.00 bits per heavy atom. The summed E-state index contributed by atoms with van der Waals surface area (Å²) in [5.41, 5.74) is 1.47. The molecule has 0 aliphatic carbocycles. The van der Waals surface area contributed by atoms with Crippen molar-refractivity contribution in [2.45, 2.75) is 0 Å². The first-order valence-corrected chi connectivity index (χ1v) is 1.86. The maximum absolute atomic E-state index is 9.38. The lowest BCUT2D eigenvalue weighted by Gasteiger charge is -1.83. The molecule has 0 spiro atoms. The Morgan fingerprint density at radius 1 is 1.67 bits per heavy atom. The van der Waals surface area contributed by atoms with Gasteiger partial charge in [-0.1, -0.05) is 0 Å². The summed E-state index contributed by atoms with van der Waals surface area (Å²) >= 11 is 0. The van der Waals surface area contributed by atoms with E-state index in [2.05, 4.69) is 0 Å². The average Bonchev–Trinajstić information content (AvgIpc) is 1.67. The fourth-order valence-corrected chi connectivity index (χ4v) is 0.0676. The summed E-state index contributed by atoms with van der Waals surface area (Å²) < 4.78 is 0. The quantitative estimate of drug-likeness (QED) is 0.254. The minimum Gasteiger partial charge on any atom is -0.480 e. The van der Waals surface area contributed by atoms with Crippen LogP contribution in [0.3, 0.4) is 0 Å². The highest BCUT2D eigenvalue weighted by molar-refractivity contribution is 5.68. The van der Waals surface area contributed by atoms with Gasteiger partial charge in [0.05, 0.1) is 6.01 Å². The van der Waals surface area contributed by atoms with Gasteiger partial charge in [-0.05, 0) is 0 Å². The van der Waals surface area contributed by atoms with Gasteiger partial charge in [-0.25, -0.2) is 10.8 Å². The molecule has 0 rings (SSSR count). The summed E-state index contributed by atoms with van der Waals surface area (Å²) in [5, 5.41) is 26.5. The van der Waals surface area contributed by atoms with E-state index in [1.165, 1.54) is 11.5 Å². The van der Waals surface area contributed by atoms with Crippen molar-refractivity contribution in [3.05, 3.63) is 0 Å². The Kier molecular flexibility index (Phi) is 11.8. The maximum atomic E-state index is 9.38. The third-order valence-electron chi connectivity index (χ3n) is 0.230. The molecular formula is C3H7N3O3. The first kappa shape index (κ1) is 10.7. The highest BCUT2D eigenvalue weighted by Gasteiger charge is 1.87. The van der Waals surface area contributed by atoms with Crippen LogP contribution in [-0.4, -0.2) is 28.8 Å². The molecule has 52 valence electrons. The van der Waals surface area contributed by atoms with Crippen LogP contribution < -0.4 is 5.48 Å². The van der Waals surface area contributed by atoms with Crippen LogP contribution in [0.5, 0.6) is 0 Å². The van der Waals surface area contributed by atoms with Crippen molar-refractivity contribution in [2.24, 2.45) is 0 Å². The Balaban J connectivity index is 0. The van der Waals surface area contributed by atoms with Crippen molar-refractivity contribution in [2.75, 3.05) is 6.54 Å². The van der Waals surface area contributed by atoms with Crippen LogP contribution in [0.4, 0.5) is 0 Å². The number of nitrogens with one attached hydrogen (secondary N) is 3. The van der Waals surface area contributed by atoms with Crippen molar-refractivity contribution >= 4 is 12.0 Å². The van der Waals surface area contributed by atoms with Gasteiger partial charge in [0.1, 0.15) is 6.54 Å². The van der Waals surface area contributed by atoms with E-state index < -0.39 is 12.5 Å². The lowest BCUT2D eigenvalue weighted by molar-refractivity contribution is -0.137. The van der Waals surface area contributed by atoms with E-state index in [0.717, 1.165) is 0 Å². The van der Waals surface area contributed by atoms with Gasteiger partial charge in [-0.2, -0.15) is 5.48 Å². The standard InChI is InChI=1S/C2H5NO3.CH2N2/c4-2(5)1-3-6;2-1-3/h3,6H,1H2,(H,4,5);2-3H. The van der Waals surface area contributed by atoms with Gasteiger partial charge < -0.3 is 10.3 Å². The van der Waals surface area contributed by atoms with E-state index in [-0.39, 0.29) is 0 Å². The molecule has 0 atom stereocenters. The second kappa shape index (κ2) is 9.91. The molecule has 0 aliphatic heterocycles. The molecule has 0 aromatic carbocycles. The van der Waals surface area contributed by atoms with Crippen LogP contribution in [-0.2, 0) is 4.79 Å². The van der Waals surface area contributed by atoms with E-state index in [4.69, 9.17) is 21.1 Å². The number of hydroxylamine groups is 1. The average molecular weight is 133 g/mol. The van der Waals surface area contributed by atoms with Crippen LogP contribution >= 0.6 is 0 Å². The summed E-state index contributed by atoms with van der Waals surface area (Å²) in [4.78, 5) is 9.38. The minimum atomic E-state index is -1.07. The van der Waals surface area contributed by atoms with Crippen LogP contribution in [0.15, 0.2) is 0 Å². The molecule has 0 saturated heterocycles. The van der Waals surface area contributed by atoms with Crippen LogP contribution in [0.2, 0.25) is 0 Å². The smallest absolute Gasteiger partial charge is 0.319 e. The van der Waals surface area contributed by atoms with Gasteiger partial charge in [0.2, 0.25) is 0 Å². The molecule has 9 heavy (non-hydrogen) atoms. The van der Waals surface area contributed by atoms with Gasteiger partial charge in [0.15, 0.2) is 0 Å². The van der Waals surface area contributed by atoms with Crippen LogP contribution in [0.25, 0.3) is 0 Å². The molecule has 6 nitrogen and oxygen atoms in total.